The number of nitrogens with two attached hydrogens (primary N) is 1. The first-order valence-electron chi connectivity index (χ1n) is 10.4. The average molecular weight is 437 g/mol. The smallest absolute Gasteiger partial charge is 0.260 e. The van der Waals surface area contributed by atoms with Crippen LogP contribution in [0.4, 0.5) is 0 Å². The van der Waals surface area contributed by atoms with Gasteiger partial charge in [-0.25, -0.2) is 5.84 Å². The van der Waals surface area contributed by atoms with Crippen molar-refractivity contribution < 1.29 is 9.59 Å². The number of carbonyl (C=O) groups is 2. The summed E-state index contributed by atoms with van der Waals surface area (Å²) in [7, 11) is 0. The van der Waals surface area contributed by atoms with Gasteiger partial charge in [-0.05, 0) is 30.1 Å². The molecule has 1 saturated carbocycles. The lowest BCUT2D eigenvalue weighted by Gasteiger charge is -2.26. The Bertz CT molecular complexity index is 649. The summed E-state index contributed by atoms with van der Waals surface area (Å²) in [4.78, 5) is 25.6. The third-order valence-electron chi connectivity index (χ3n) is 5.49. The van der Waals surface area contributed by atoms with Crippen LogP contribution in [0.5, 0.6) is 0 Å². The van der Waals surface area contributed by atoms with E-state index in [2.05, 4.69) is 10.6 Å². The monoisotopic (exact) mass is 436 g/mol. The second kappa shape index (κ2) is 11.8. The molecule has 2 amide bonds. The quantitative estimate of drug-likeness (QED) is 0.313. The minimum Gasteiger partial charge on any atom is -0.342 e. The summed E-state index contributed by atoms with van der Waals surface area (Å²) in [6.07, 6.45) is 6.51. The van der Waals surface area contributed by atoms with Crippen molar-refractivity contribution in [2.75, 3.05) is 23.1 Å². The predicted octanol–water partition coefficient (Wildman–Crippen LogP) is 2.35. The molecule has 0 bridgehead atoms. The standard InChI is InChI=1S/C21H32N4O2S2/c22-25(11-16-7-3-1-4-8-16)21(27)19(24-20(26)18-13-29-15-23-18)14-28-12-17-9-5-2-6-10-17/h1,3-4,7-8,17-19,23H,2,5-6,9-15,22H2,(H,24,26)/t18-,19?/m0/s1. The van der Waals surface area contributed by atoms with Crippen LogP contribution < -0.4 is 16.5 Å². The first-order chi connectivity index (χ1) is 14.1. The lowest BCUT2D eigenvalue weighted by atomic mass is 9.91. The van der Waals surface area contributed by atoms with Crippen LogP contribution in [0.15, 0.2) is 30.3 Å². The van der Waals surface area contributed by atoms with Gasteiger partial charge in [0.25, 0.3) is 5.91 Å². The van der Waals surface area contributed by atoms with Crippen molar-refractivity contribution in [2.24, 2.45) is 11.8 Å². The number of hydrazine groups is 1. The van der Waals surface area contributed by atoms with Crippen molar-refractivity contribution in [1.29, 1.82) is 0 Å². The van der Waals surface area contributed by atoms with E-state index in [1.165, 1.54) is 37.1 Å². The van der Waals surface area contributed by atoms with E-state index in [0.29, 0.717) is 12.3 Å². The highest BCUT2D eigenvalue weighted by atomic mass is 32.2. The Balaban J connectivity index is 1.56. The lowest BCUT2D eigenvalue weighted by molar-refractivity contribution is -0.136. The van der Waals surface area contributed by atoms with Gasteiger partial charge in [-0.3, -0.25) is 19.9 Å². The Morgan fingerprint density at radius 2 is 2.00 bits per heavy atom. The molecular weight excluding hydrogens is 404 g/mol. The first-order valence-corrected chi connectivity index (χ1v) is 12.7. The Labute approximate surface area is 182 Å². The van der Waals surface area contributed by atoms with Crippen LogP contribution >= 0.6 is 23.5 Å². The highest BCUT2D eigenvalue weighted by Crippen LogP contribution is 2.27. The van der Waals surface area contributed by atoms with Crippen molar-refractivity contribution in [3.8, 4) is 0 Å². The zero-order valence-electron chi connectivity index (χ0n) is 16.8. The van der Waals surface area contributed by atoms with Gasteiger partial charge in [0.1, 0.15) is 6.04 Å². The van der Waals surface area contributed by atoms with Gasteiger partial charge in [-0.1, -0.05) is 49.6 Å². The molecule has 1 aromatic rings. The summed E-state index contributed by atoms with van der Waals surface area (Å²) in [5, 5.41) is 7.36. The van der Waals surface area contributed by atoms with Crippen LogP contribution in [0, 0.1) is 5.92 Å². The minimum absolute atomic E-state index is 0.111. The summed E-state index contributed by atoms with van der Waals surface area (Å²) in [6, 6.07) is 8.84. The maximum atomic E-state index is 13.0. The Kier molecular flexibility index (Phi) is 9.17. The van der Waals surface area contributed by atoms with E-state index in [1.807, 2.05) is 30.3 Å². The maximum Gasteiger partial charge on any atom is 0.260 e. The molecule has 1 aromatic carbocycles. The number of nitrogens with zero attached hydrogens (tertiary/aromatic N) is 1. The fourth-order valence-corrected chi connectivity index (χ4v) is 5.98. The van der Waals surface area contributed by atoms with Crippen molar-refractivity contribution in [3.63, 3.8) is 0 Å². The molecule has 29 heavy (non-hydrogen) atoms. The molecule has 1 heterocycles. The molecule has 0 spiro atoms. The van der Waals surface area contributed by atoms with Crippen LogP contribution in [-0.4, -0.2) is 52.0 Å². The van der Waals surface area contributed by atoms with Crippen LogP contribution in [-0.2, 0) is 16.1 Å². The van der Waals surface area contributed by atoms with E-state index in [4.69, 9.17) is 5.84 Å². The van der Waals surface area contributed by atoms with Gasteiger partial charge < -0.3 is 5.32 Å². The highest BCUT2D eigenvalue weighted by Gasteiger charge is 2.29. The summed E-state index contributed by atoms with van der Waals surface area (Å²) < 4.78 is 0. The second-order valence-corrected chi connectivity index (χ2v) is 9.93. The van der Waals surface area contributed by atoms with E-state index in [-0.39, 0.29) is 17.9 Å². The second-order valence-electron chi connectivity index (χ2n) is 7.83. The number of amides is 2. The molecule has 160 valence electrons. The van der Waals surface area contributed by atoms with Gasteiger partial charge in [-0.15, -0.1) is 11.8 Å². The minimum atomic E-state index is -0.600. The molecular formula is C21H32N4O2S2. The number of rotatable bonds is 9. The van der Waals surface area contributed by atoms with E-state index >= 15 is 0 Å². The first kappa shape index (κ1) is 22.5. The van der Waals surface area contributed by atoms with Gasteiger partial charge >= 0.3 is 0 Å². The predicted molar refractivity (Wildman–Crippen MR) is 121 cm³/mol. The van der Waals surface area contributed by atoms with Crippen LogP contribution in [0.25, 0.3) is 0 Å². The molecule has 6 nitrogen and oxygen atoms in total. The summed E-state index contributed by atoms with van der Waals surface area (Å²) in [6.45, 7) is 0.330. The number of thioether (sulfide) groups is 2. The normalized spacial score (nSPS) is 20.9. The molecule has 1 unspecified atom stereocenters. The SMILES string of the molecule is NN(Cc1ccccc1)C(=O)C(CSCC1CCCCC1)NC(=O)[C@@H]1CSCN1. The Morgan fingerprint density at radius 1 is 1.24 bits per heavy atom. The summed E-state index contributed by atoms with van der Waals surface area (Å²) >= 11 is 3.45. The maximum absolute atomic E-state index is 13.0. The Hall–Kier alpha value is -1.22. The lowest BCUT2D eigenvalue weighted by Crippen LogP contribution is -2.55. The van der Waals surface area contributed by atoms with E-state index in [9.17, 15) is 9.59 Å². The van der Waals surface area contributed by atoms with E-state index in [0.717, 1.165) is 28.9 Å². The molecule has 8 heteroatoms. The number of carbonyl (C=O) groups excluding carboxylic acids is 2. The van der Waals surface area contributed by atoms with Crippen LogP contribution in [0.3, 0.4) is 0 Å². The zero-order chi connectivity index (χ0) is 20.5. The molecule has 1 saturated heterocycles. The largest absolute Gasteiger partial charge is 0.342 e. The molecule has 2 fully saturated rings. The van der Waals surface area contributed by atoms with Crippen LogP contribution in [0.1, 0.15) is 37.7 Å². The zero-order valence-corrected chi connectivity index (χ0v) is 18.5. The molecule has 0 aromatic heterocycles. The molecule has 3 rings (SSSR count). The fraction of sp³-hybridized carbons (Fsp3) is 0.619. The fourth-order valence-electron chi connectivity index (χ4n) is 3.78. The van der Waals surface area contributed by atoms with Crippen molar-refractivity contribution in [3.05, 3.63) is 35.9 Å². The van der Waals surface area contributed by atoms with Crippen molar-refractivity contribution >= 4 is 35.3 Å². The Morgan fingerprint density at radius 3 is 2.69 bits per heavy atom. The topological polar surface area (TPSA) is 87.5 Å². The summed E-state index contributed by atoms with van der Waals surface area (Å²) in [5.74, 6) is 9.59. The van der Waals surface area contributed by atoms with Crippen LogP contribution in [0.2, 0.25) is 0 Å². The number of nitrogens with one attached hydrogen (secondary N) is 2. The molecule has 2 aliphatic rings. The molecule has 0 radical (unpaired) electrons. The molecule has 4 N–H and O–H groups in total. The number of hydrogen-bond donors (Lipinski definition) is 3. The van der Waals surface area contributed by atoms with Crippen molar-refractivity contribution in [1.82, 2.24) is 15.6 Å². The highest BCUT2D eigenvalue weighted by molar-refractivity contribution is 7.99. The number of benzene rings is 1. The summed E-state index contributed by atoms with van der Waals surface area (Å²) in [5.41, 5.74) is 0.970. The van der Waals surface area contributed by atoms with Gasteiger partial charge in [0.05, 0.1) is 12.6 Å². The van der Waals surface area contributed by atoms with Crippen molar-refractivity contribution in [2.45, 2.75) is 50.7 Å². The van der Waals surface area contributed by atoms with Gasteiger partial charge in [0, 0.05) is 17.4 Å². The average Bonchev–Trinajstić information content (AvgIpc) is 3.29. The van der Waals surface area contributed by atoms with Gasteiger partial charge in [0.15, 0.2) is 0 Å². The van der Waals surface area contributed by atoms with Gasteiger partial charge in [0.2, 0.25) is 5.91 Å². The van der Waals surface area contributed by atoms with E-state index < -0.39 is 6.04 Å². The van der Waals surface area contributed by atoms with E-state index in [1.54, 1.807) is 23.5 Å². The third kappa shape index (κ3) is 7.20. The van der Waals surface area contributed by atoms with Gasteiger partial charge in [-0.2, -0.15) is 11.8 Å². The molecule has 1 aliphatic carbocycles. The molecule has 2 atom stereocenters. The molecule has 1 aliphatic heterocycles. The third-order valence-corrected chi connectivity index (χ3v) is 7.70. The number of hydrogen-bond acceptors (Lipinski definition) is 6.